The van der Waals surface area contributed by atoms with Gasteiger partial charge in [0.15, 0.2) is 0 Å². The van der Waals surface area contributed by atoms with Crippen LogP contribution in [-0.2, 0) is 19.4 Å². The zero-order valence-electron chi connectivity index (χ0n) is 15.0. The molecule has 1 aromatic rings. The molecule has 7 heteroatoms. The third-order valence-corrected chi connectivity index (χ3v) is 5.92. The zero-order chi connectivity index (χ0) is 17.1. The standard InChI is InChI=1S/C18H30N6O/c25-18(19-9-7-17-22-21-16-6-3-10-24(16)17)20-15-8-11-23(13-15)12-14-4-1-2-5-14/h14-15H,1-13H2,(H2,19,20,25)/t15-/m1/s1. The third kappa shape index (κ3) is 4.14. The number of aromatic nitrogens is 3. The number of hydrogen-bond acceptors (Lipinski definition) is 4. The average molecular weight is 346 g/mol. The summed E-state index contributed by atoms with van der Waals surface area (Å²) in [6.07, 6.45) is 9.58. The lowest BCUT2D eigenvalue weighted by Crippen LogP contribution is -2.44. The molecule has 25 heavy (non-hydrogen) atoms. The van der Waals surface area contributed by atoms with E-state index in [4.69, 9.17) is 0 Å². The lowest BCUT2D eigenvalue weighted by Gasteiger charge is -2.20. The topological polar surface area (TPSA) is 75.1 Å². The average Bonchev–Trinajstić information content (AvgIpc) is 3.34. The Morgan fingerprint density at radius 3 is 2.88 bits per heavy atom. The Balaban J connectivity index is 1.14. The summed E-state index contributed by atoms with van der Waals surface area (Å²) in [6.45, 7) is 4.97. The first-order chi connectivity index (χ1) is 12.3. The largest absolute Gasteiger partial charge is 0.338 e. The molecule has 2 N–H and O–H groups in total. The highest BCUT2D eigenvalue weighted by atomic mass is 16.2. The maximum absolute atomic E-state index is 12.1. The highest BCUT2D eigenvalue weighted by Gasteiger charge is 2.27. The van der Waals surface area contributed by atoms with Crippen LogP contribution in [0.25, 0.3) is 0 Å². The number of carbonyl (C=O) groups excluding carboxylic acids is 1. The highest BCUT2D eigenvalue weighted by Crippen LogP contribution is 2.26. The lowest BCUT2D eigenvalue weighted by molar-refractivity contribution is 0.234. The molecule has 2 aliphatic heterocycles. The first-order valence-electron chi connectivity index (χ1n) is 9.95. The quantitative estimate of drug-likeness (QED) is 0.815. The molecule has 3 aliphatic rings. The maximum Gasteiger partial charge on any atom is 0.315 e. The Hall–Kier alpha value is -1.63. The smallest absolute Gasteiger partial charge is 0.315 e. The molecular formula is C18H30N6O. The Morgan fingerprint density at radius 1 is 1.12 bits per heavy atom. The summed E-state index contributed by atoms with van der Waals surface area (Å²) in [5.41, 5.74) is 0. The summed E-state index contributed by atoms with van der Waals surface area (Å²) in [4.78, 5) is 14.7. The van der Waals surface area contributed by atoms with Gasteiger partial charge in [0.2, 0.25) is 0 Å². The maximum atomic E-state index is 12.1. The predicted molar refractivity (Wildman–Crippen MR) is 95.4 cm³/mol. The van der Waals surface area contributed by atoms with Crippen LogP contribution in [0.5, 0.6) is 0 Å². The van der Waals surface area contributed by atoms with Crippen LogP contribution in [0.1, 0.15) is 50.2 Å². The van der Waals surface area contributed by atoms with Crippen molar-refractivity contribution >= 4 is 6.03 Å². The molecular weight excluding hydrogens is 316 g/mol. The van der Waals surface area contributed by atoms with Gasteiger partial charge in [-0.2, -0.15) is 0 Å². The molecule has 138 valence electrons. The molecule has 0 bridgehead atoms. The van der Waals surface area contributed by atoms with Gasteiger partial charge < -0.3 is 20.1 Å². The van der Waals surface area contributed by atoms with Crippen LogP contribution in [0.3, 0.4) is 0 Å². The van der Waals surface area contributed by atoms with Gasteiger partial charge in [0.25, 0.3) is 0 Å². The van der Waals surface area contributed by atoms with Crippen molar-refractivity contribution < 1.29 is 4.79 Å². The molecule has 0 spiro atoms. The van der Waals surface area contributed by atoms with Crippen molar-refractivity contribution in [2.24, 2.45) is 5.92 Å². The van der Waals surface area contributed by atoms with Gasteiger partial charge >= 0.3 is 6.03 Å². The molecule has 3 heterocycles. The molecule has 1 aromatic heterocycles. The Bertz CT molecular complexity index is 594. The molecule has 0 radical (unpaired) electrons. The first-order valence-corrected chi connectivity index (χ1v) is 9.95. The molecule has 2 amide bonds. The number of fused-ring (bicyclic) bond motifs is 1. The number of likely N-dealkylation sites (tertiary alicyclic amines) is 1. The molecule has 4 rings (SSSR count). The summed E-state index contributed by atoms with van der Waals surface area (Å²) in [5.74, 6) is 2.97. The van der Waals surface area contributed by atoms with Gasteiger partial charge in [-0.3, -0.25) is 0 Å². The second-order valence-corrected chi connectivity index (χ2v) is 7.83. The highest BCUT2D eigenvalue weighted by molar-refractivity contribution is 5.74. The second-order valence-electron chi connectivity index (χ2n) is 7.83. The van der Waals surface area contributed by atoms with E-state index < -0.39 is 0 Å². The second kappa shape index (κ2) is 7.72. The van der Waals surface area contributed by atoms with E-state index in [1.54, 1.807) is 0 Å². The lowest BCUT2D eigenvalue weighted by atomic mass is 10.1. The van der Waals surface area contributed by atoms with E-state index in [0.29, 0.717) is 12.6 Å². The van der Waals surface area contributed by atoms with Crippen LogP contribution in [0.4, 0.5) is 4.79 Å². The summed E-state index contributed by atoms with van der Waals surface area (Å²) < 4.78 is 2.19. The van der Waals surface area contributed by atoms with Crippen molar-refractivity contribution in [3.63, 3.8) is 0 Å². The van der Waals surface area contributed by atoms with Gasteiger partial charge in [-0.25, -0.2) is 4.79 Å². The fourth-order valence-corrected chi connectivity index (χ4v) is 4.59. The van der Waals surface area contributed by atoms with Crippen molar-refractivity contribution in [2.45, 2.75) is 64.0 Å². The van der Waals surface area contributed by atoms with E-state index >= 15 is 0 Å². The van der Waals surface area contributed by atoms with Gasteiger partial charge in [-0.15, -0.1) is 10.2 Å². The van der Waals surface area contributed by atoms with E-state index in [-0.39, 0.29) is 6.03 Å². The molecule has 2 fully saturated rings. The molecule has 1 aliphatic carbocycles. The fourth-order valence-electron chi connectivity index (χ4n) is 4.59. The van der Waals surface area contributed by atoms with Gasteiger partial charge in [0.05, 0.1) is 0 Å². The van der Waals surface area contributed by atoms with Crippen LogP contribution >= 0.6 is 0 Å². The van der Waals surface area contributed by atoms with E-state index in [9.17, 15) is 4.79 Å². The minimum Gasteiger partial charge on any atom is -0.338 e. The molecule has 1 saturated heterocycles. The van der Waals surface area contributed by atoms with Crippen molar-refractivity contribution in [3.05, 3.63) is 11.6 Å². The van der Waals surface area contributed by atoms with Crippen LogP contribution in [0, 0.1) is 5.92 Å². The minimum absolute atomic E-state index is 0.0473. The monoisotopic (exact) mass is 346 g/mol. The van der Waals surface area contributed by atoms with Crippen molar-refractivity contribution in [1.29, 1.82) is 0 Å². The molecule has 1 saturated carbocycles. The minimum atomic E-state index is -0.0473. The summed E-state index contributed by atoms with van der Waals surface area (Å²) >= 11 is 0. The number of aryl methyl sites for hydroxylation is 1. The molecule has 0 aromatic carbocycles. The summed E-state index contributed by atoms with van der Waals surface area (Å²) in [7, 11) is 0. The fraction of sp³-hybridized carbons (Fsp3) is 0.833. The first kappa shape index (κ1) is 16.8. The van der Waals surface area contributed by atoms with Crippen LogP contribution in [0.2, 0.25) is 0 Å². The number of rotatable bonds is 6. The number of hydrogen-bond donors (Lipinski definition) is 2. The zero-order valence-corrected chi connectivity index (χ0v) is 15.0. The van der Waals surface area contributed by atoms with E-state index in [1.807, 2.05) is 0 Å². The number of nitrogens with zero attached hydrogens (tertiary/aromatic N) is 4. The van der Waals surface area contributed by atoms with Crippen LogP contribution in [-0.4, -0.2) is 57.9 Å². The van der Waals surface area contributed by atoms with E-state index in [0.717, 1.165) is 62.9 Å². The Morgan fingerprint density at radius 2 is 2.00 bits per heavy atom. The normalized spacial score (nSPS) is 23.9. The van der Waals surface area contributed by atoms with E-state index in [1.165, 1.54) is 32.2 Å². The number of nitrogens with one attached hydrogen (secondary N) is 2. The van der Waals surface area contributed by atoms with Crippen LogP contribution in [0.15, 0.2) is 0 Å². The molecule has 7 nitrogen and oxygen atoms in total. The Kier molecular flexibility index (Phi) is 5.20. The predicted octanol–water partition coefficient (Wildman–Crippen LogP) is 1.33. The molecule has 1 atom stereocenters. The van der Waals surface area contributed by atoms with Gasteiger partial charge in [-0.1, -0.05) is 12.8 Å². The van der Waals surface area contributed by atoms with Crippen LogP contribution < -0.4 is 10.6 Å². The van der Waals surface area contributed by atoms with Gasteiger partial charge in [0.1, 0.15) is 11.6 Å². The van der Waals surface area contributed by atoms with Crippen molar-refractivity contribution in [3.8, 4) is 0 Å². The number of amides is 2. The van der Waals surface area contributed by atoms with Crippen molar-refractivity contribution in [1.82, 2.24) is 30.3 Å². The summed E-state index contributed by atoms with van der Waals surface area (Å²) in [5, 5.41) is 14.5. The molecule has 0 unspecified atom stereocenters. The van der Waals surface area contributed by atoms with Gasteiger partial charge in [-0.05, 0) is 31.6 Å². The number of carbonyl (C=O) groups is 1. The van der Waals surface area contributed by atoms with E-state index in [2.05, 4.69) is 30.3 Å². The SMILES string of the molecule is O=C(NCCc1nnc2n1CCC2)N[C@@H]1CCN(CC2CCCC2)C1. The van der Waals surface area contributed by atoms with Crippen molar-refractivity contribution in [2.75, 3.05) is 26.2 Å². The van der Waals surface area contributed by atoms with Gasteiger partial charge in [0, 0.05) is 51.6 Å². The third-order valence-electron chi connectivity index (χ3n) is 5.92. The summed E-state index contributed by atoms with van der Waals surface area (Å²) in [6, 6.07) is 0.243. The number of urea groups is 1. The Labute approximate surface area is 149 Å².